The van der Waals surface area contributed by atoms with Gasteiger partial charge in [0.05, 0.1) is 35.7 Å². The summed E-state index contributed by atoms with van der Waals surface area (Å²) in [6, 6.07) is -0.0279. The Morgan fingerprint density at radius 3 is 2.68 bits per heavy atom. The summed E-state index contributed by atoms with van der Waals surface area (Å²) >= 11 is 3.62. The van der Waals surface area contributed by atoms with Crippen molar-refractivity contribution in [2.75, 3.05) is 26.9 Å². The number of halogens is 1. The van der Waals surface area contributed by atoms with Gasteiger partial charge in [-0.3, -0.25) is 4.68 Å². The summed E-state index contributed by atoms with van der Waals surface area (Å²) in [4.78, 5) is 0. The lowest BCUT2D eigenvalue weighted by atomic mass is 10.1. The second kappa shape index (κ2) is 8.68. The number of hydrogen-bond donors (Lipinski definition) is 1. The minimum atomic E-state index is -0.0279. The van der Waals surface area contributed by atoms with E-state index in [9.17, 15) is 0 Å². The second-order valence-electron chi connectivity index (χ2n) is 4.41. The highest BCUT2D eigenvalue weighted by Gasteiger charge is 2.16. The molecule has 19 heavy (non-hydrogen) atoms. The van der Waals surface area contributed by atoms with E-state index >= 15 is 0 Å². The number of nitrogens with zero attached hydrogens (tertiary/aromatic N) is 2. The molecule has 6 heteroatoms. The van der Waals surface area contributed by atoms with E-state index in [-0.39, 0.29) is 6.04 Å². The molecule has 0 radical (unpaired) electrons. The van der Waals surface area contributed by atoms with Crippen LogP contribution in [0.3, 0.4) is 0 Å². The summed E-state index contributed by atoms with van der Waals surface area (Å²) in [5.41, 5.74) is 8.35. The molecule has 0 aliphatic rings. The highest BCUT2D eigenvalue weighted by molar-refractivity contribution is 9.10. The molecule has 0 bridgehead atoms. The molecule has 0 aliphatic carbocycles. The van der Waals surface area contributed by atoms with Gasteiger partial charge in [0.1, 0.15) is 0 Å². The van der Waals surface area contributed by atoms with Gasteiger partial charge in [0.25, 0.3) is 0 Å². The summed E-state index contributed by atoms with van der Waals surface area (Å²) in [6.07, 6.45) is 1.68. The number of methoxy groups -OCH3 is 1. The average molecular weight is 334 g/mol. The Balaban J connectivity index is 2.57. The minimum Gasteiger partial charge on any atom is -0.382 e. The molecule has 0 aliphatic heterocycles. The van der Waals surface area contributed by atoms with Gasteiger partial charge in [-0.1, -0.05) is 6.92 Å². The van der Waals surface area contributed by atoms with Crippen LogP contribution in [0.1, 0.15) is 25.2 Å². The third-order valence-corrected chi connectivity index (χ3v) is 3.83. The van der Waals surface area contributed by atoms with E-state index in [1.807, 2.05) is 4.68 Å². The molecule has 0 aromatic carbocycles. The van der Waals surface area contributed by atoms with E-state index in [1.54, 1.807) is 7.11 Å². The predicted molar refractivity (Wildman–Crippen MR) is 79.4 cm³/mol. The third kappa shape index (κ3) is 4.87. The van der Waals surface area contributed by atoms with E-state index in [1.165, 1.54) is 0 Å². The van der Waals surface area contributed by atoms with E-state index in [2.05, 4.69) is 34.9 Å². The first kappa shape index (κ1) is 16.6. The molecule has 1 atom stereocenters. The first-order valence-corrected chi connectivity index (χ1v) is 7.49. The normalized spacial score (nSPS) is 12.9. The van der Waals surface area contributed by atoms with E-state index in [0.717, 1.165) is 35.2 Å². The molecule has 1 aromatic rings. The maximum absolute atomic E-state index is 6.10. The smallest absolute Gasteiger partial charge is 0.0766 e. The second-order valence-corrected chi connectivity index (χ2v) is 5.20. The zero-order chi connectivity index (χ0) is 14.3. The molecule has 0 fully saturated rings. The van der Waals surface area contributed by atoms with Gasteiger partial charge in [0, 0.05) is 26.1 Å². The van der Waals surface area contributed by atoms with Crippen molar-refractivity contribution in [3.05, 3.63) is 15.9 Å². The maximum atomic E-state index is 6.10. The van der Waals surface area contributed by atoms with Crippen LogP contribution in [0, 0.1) is 0 Å². The Morgan fingerprint density at radius 2 is 2.11 bits per heavy atom. The molecule has 0 saturated carbocycles. The van der Waals surface area contributed by atoms with Gasteiger partial charge in [-0.15, -0.1) is 0 Å². The van der Waals surface area contributed by atoms with Crippen LogP contribution in [0.15, 0.2) is 4.47 Å². The third-order valence-electron chi connectivity index (χ3n) is 2.91. The molecular weight excluding hydrogens is 310 g/mol. The molecular formula is C13H24BrN3O2. The predicted octanol–water partition coefficient (Wildman–Crippen LogP) is 1.76. The van der Waals surface area contributed by atoms with Crippen LogP contribution >= 0.6 is 15.9 Å². The molecule has 1 unspecified atom stereocenters. The number of aryl methyl sites for hydroxylation is 2. The van der Waals surface area contributed by atoms with E-state index in [0.29, 0.717) is 19.8 Å². The number of rotatable bonds is 9. The highest BCUT2D eigenvalue weighted by Crippen LogP contribution is 2.23. The Labute approximate surface area is 123 Å². The molecule has 5 nitrogen and oxygen atoms in total. The van der Waals surface area contributed by atoms with Crippen molar-refractivity contribution in [1.29, 1.82) is 0 Å². The summed E-state index contributed by atoms with van der Waals surface area (Å²) in [6.45, 7) is 6.76. The van der Waals surface area contributed by atoms with Gasteiger partial charge in [0.15, 0.2) is 0 Å². The lowest BCUT2D eigenvalue weighted by molar-refractivity contribution is 0.0634. The Bertz CT molecular complexity index is 382. The molecule has 0 amide bonds. The number of nitrogens with two attached hydrogens (primary N) is 1. The van der Waals surface area contributed by atoms with Gasteiger partial charge in [0.2, 0.25) is 0 Å². The van der Waals surface area contributed by atoms with Crippen LogP contribution in [-0.2, 0) is 28.9 Å². The van der Waals surface area contributed by atoms with Crippen molar-refractivity contribution < 1.29 is 9.47 Å². The lowest BCUT2D eigenvalue weighted by Crippen LogP contribution is -2.30. The van der Waals surface area contributed by atoms with Gasteiger partial charge >= 0.3 is 0 Å². The Morgan fingerprint density at radius 1 is 1.37 bits per heavy atom. The zero-order valence-corrected chi connectivity index (χ0v) is 13.6. The van der Waals surface area contributed by atoms with Crippen LogP contribution in [-0.4, -0.2) is 42.8 Å². The van der Waals surface area contributed by atoms with Crippen molar-refractivity contribution in [3.8, 4) is 0 Å². The number of ether oxygens (including phenoxy) is 2. The molecule has 2 N–H and O–H groups in total. The van der Waals surface area contributed by atoms with Crippen LogP contribution in [0.4, 0.5) is 0 Å². The minimum absolute atomic E-state index is 0.0279. The molecule has 1 heterocycles. The standard InChI is InChI=1S/C13H24BrN3O2/c1-4-11-13(14)12(17(5-2)16-11)8-10(15)9-19-7-6-18-3/h10H,4-9,15H2,1-3H3. The molecule has 1 rings (SSSR count). The summed E-state index contributed by atoms with van der Waals surface area (Å²) in [7, 11) is 1.66. The zero-order valence-electron chi connectivity index (χ0n) is 12.0. The van der Waals surface area contributed by atoms with Crippen molar-refractivity contribution in [2.24, 2.45) is 5.73 Å². The first-order chi connectivity index (χ1) is 9.13. The van der Waals surface area contributed by atoms with Crippen molar-refractivity contribution in [3.63, 3.8) is 0 Å². The Hall–Kier alpha value is -0.430. The molecule has 0 spiro atoms. The largest absolute Gasteiger partial charge is 0.382 e. The SMILES string of the molecule is CCc1nn(CC)c(CC(N)COCCOC)c1Br. The monoisotopic (exact) mass is 333 g/mol. The van der Waals surface area contributed by atoms with Crippen LogP contribution in [0.2, 0.25) is 0 Å². The van der Waals surface area contributed by atoms with Crippen molar-refractivity contribution in [1.82, 2.24) is 9.78 Å². The maximum Gasteiger partial charge on any atom is 0.0766 e. The van der Waals surface area contributed by atoms with Crippen molar-refractivity contribution in [2.45, 2.75) is 39.3 Å². The van der Waals surface area contributed by atoms with Crippen LogP contribution in [0.25, 0.3) is 0 Å². The lowest BCUT2D eigenvalue weighted by Gasteiger charge is -2.13. The fourth-order valence-electron chi connectivity index (χ4n) is 1.90. The summed E-state index contributed by atoms with van der Waals surface area (Å²) < 4.78 is 13.5. The summed E-state index contributed by atoms with van der Waals surface area (Å²) in [5, 5.41) is 4.56. The van der Waals surface area contributed by atoms with Gasteiger partial charge < -0.3 is 15.2 Å². The van der Waals surface area contributed by atoms with Gasteiger partial charge in [-0.2, -0.15) is 5.10 Å². The van der Waals surface area contributed by atoms with Gasteiger partial charge in [-0.25, -0.2) is 0 Å². The topological polar surface area (TPSA) is 62.3 Å². The van der Waals surface area contributed by atoms with E-state index in [4.69, 9.17) is 15.2 Å². The first-order valence-electron chi connectivity index (χ1n) is 6.70. The fraction of sp³-hybridized carbons (Fsp3) is 0.769. The van der Waals surface area contributed by atoms with E-state index < -0.39 is 0 Å². The average Bonchev–Trinajstić information content (AvgIpc) is 2.71. The number of aromatic nitrogens is 2. The highest BCUT2D eigenvalue weighted by atomic mass is 79.9. The summed E-state index contributed by atoms with van der Waals surface area (Å²) in [5.74, 6) is 0. The molecule has 0 saturated heterocycles. The molecule has 1 aromatic heterocycles. The molecule has 110 valence electrons. The van der Waals surface area contributed by atoms with Crippen molar-refractivity contribution >= 4 is 15.9 Å². The quantitative estimate of drug-likeness (QED) is 0.699. The van der Waals surface area contributed by atoms with Gasteiger partial charge in [-0.05, 0) is 29.3 Å². The fourth-order valence-corrected chi connectivity index (χ4v) is 2.62. The van der Waals surface area contributed by atoms with Crippen LogP contribution < -0.4 is 5.73 Å². The van der Waals surface area contributed by atoms with Crippen LogP contribution in [0.5, 0.6) is 0 Å². The number of hydrogen-bond acceptors (Lipinski definition) is 4. The Kier molecular flexibility index (Phi) is 7.60.